The maximum absolute atomic E-state index is 13.2. The molecule has 0 bridgehead atoms. The van der Waals surface area contributed by atoms with Crippen molar-refractivity contribution in [3.63, 3.8) is 0 Å². The highest BCUT2D eigenvalue weighted by molar-refractivity contribution is 5.97. The molecule has 0 aliphatic heterocycles. The van der Waals surface area contributed by atoms with Crippen molar-refractivity contribution in [3.8, 4) is 0 Å². The van der Waals surface area contributed by atoms with Crippen LogP contribution in [-0.2, 0) is 11.3 Å². The van der Waals surface area contributed by atoms with Gasteiger partial charge in [-0.05, 0) is 55.7 Å². The number of rotatable bonds is 5. The van der Waals surface area contributed by atoms with Crippen LogP contribution in [0.3, 0.4) is 0 Å². The van der Waals surface area contributed by atoms with Gasteiger partial charge in [0.2, 0.25) is 0 Å². The van der Waals surface area contributed by atoms with Crippen LogP contribution in [0.5, 0.6) is 0 Å². The number of hydrogen-bond acceptors (Lipinski definition) is 2. The van der Waals surface area contributed by atoms with Crippen LogP contribution in [0.4, 0.5) is 4.39 Å². The van der Waals surface area contributed by atoms with E-state index in [4.69, 9.17) is 4.74 Å². The summed E-state index contributed by atoms with van der Waals surface area (Å²) in [6, 6.07) is 10.5. The number of Topliss-reactive ketones (excluding diaryl/α,β-unsaturated/α-hetero) is 1. The Morgan fingerprint density at radius 1 is 1.05 bits per heavy atom. The fraction of sp³-hybridized carbons (Fsp3) is 0.278. The number of aryl methyl sites for hydroxylation is 3. The van der Waals surface area contributed by atoms with Crippen molar-refractivity contribution in [3.05, 3.63) is 70.0 Å². The van der Waals surface area contributed by atoms with Crippen molar-refractivity contribution in [1.82, 2.24) is 0 Å². The van der Waals surface area contributed by atoms with Crippen LogP contribution in [0.1, 0.15) is 32.6 Å². The Morgan fingerprint density at radius 3 is 2.48 bits per heavy atom. The molecular weight excluding hydrogens is 267 g/mol. The van der Waals surface area contributed by atoms with Gasteiger partial charge in [-0.25, -0.2) is 4.39 Å². The third-order valence-corrected chi connectivity index (χ3v) is 3.47. The molecule has 110 valence electrons. The van der Waals surface area contributed by atoms with Gasteiger partial charge in [0.05, 0.1) is 6.61 Å². The van der Waals surface area contributed by atoms with E-state index < -0.39 is 0 Å². The molecule has 2 aromatic rings. The Morgan fingerprint density at radius 2 is 1.81 bits per heavy atom. The lowest BCUT2D eigenvalue weighted by molar-refractivity contribution is 0.0725. The second-order valence-electron chi connectivity index (χ2n) is 5.31. The van der Waals surface area contributed by atoms with Gasteiger partial charge in [-0.2, -0.15) is 0 Å². The summed E-state index contributed by atoms with van der Waals surface area (Å²) in [5.74, 6) is -0.439. The highest BCUT2D eigenvalue weighted by Gasteiger charge is 2.08. The van der Waals surface area contributed by atoms with Crippen LogP contribution in [0, 0.1) is 26.6 Å². The fourth-order valence-electron chi connectivity index (χ4n) is 2.16. The average molecular weight is 286 g/mol. The molecule has 0 N–H and O–H groups in total. The summed E-state index contributed by atoms with van der Waals surface area (Å²) in [5.41, 5.74) is 4.38. The Kier molecular flexibility index (Phi) is 4.86. The van der Waals surface area contributed by atoms with Gasteiger partial charge in [-0.15, -0.1) is 0 Å². The largest absolute Gasteiger partial charge is 0.369 e. The molecule has 0 aliphatic rings. The summed E-state index contributed by atoms with van der Waals surface area (Å²) < 4.78 is 18.7. The lowest BCUT2D eigenvalue weighted by Crippen LogP contribution is -2.10. The number of benzene rings is 2. The van der Waals surface area contributed by atoms with E-state index in [9.17, 15) is 9.18 Å². The number of carbonyl (C=O) groups is 1. The van der Waals surface area contributed by atoms with Crippen LogP contribution >= 0.6 is 0 Å². The van der Waals surface area contributed by atoms with Crippen LogP contribution in [0.15, 0.2) is 36.4 Å². The molecule has 0 aromatic heterocycles. The van der Waals surface area contributed by atoms with Gasteiger partial charge in [0.15, 0.2) is 5.78 Å². The average Bonchev–Trinajstić information content (AvgIpc) is 2.44. The minimum Gasteiger partial charge on any atom is -0.369 e. The molecular formula is C18H19FO2. The summed E-state index contributed by atoms with van der Waals surface area (Å²) in [6.45, 7) is 6.11. The topological polar surface area (TPSA) is 26.3 Å². The number of carbonyl (C=O) groups excluding carboxylic acids is 1. The molecule has 0 radical (unpaired) electrons. The number of halogens is 1. The molecule has 0 saturated carbocycles. The summed E-state index contributed by atoms with van der Waals surface area (Å²) in [4.78, 5) is 12.0. The van der Waals surface area contributed by atoms with E-state index in [0.29, 0.717) is 17.7 Å². The monoisotopic (exact) mass is 286 g/mol. The minimum absolute atomic E-state index is 0.00160. The molecule has 0 fully saturated rings. The predicted molar refractivity (Wildman–Crippen MR) is 81.0 cm³/mol. The van der Waals surface area contributed by atoms with Gasteiger partial charge in [0.1, 0.15) is 12.4 Å². The summed E-state index contributed by atoms with van der Waals surface area (Å²) in [5, 5.41) is 0. The molecule has 0 aliphatic carbocycles. The standard InChI is InChI=1S/C18H19FO2/c1-12-4-5-16(13(2)8-12)10-21-11-18(20)15-6-7-17(19)14(3)9-15/h4-9H,10-11H2,1-3H3. The normalized spacial score (nSPS) is 10.7. The van der Waals surface area contributed by atoms with Crippen molar-refractivity contribution in [2.45, 2.75) is 27.4 Å². The third-order valence-electron chi connectivity index (χ3n) is 3.47. The van der Waals surface area contributed by atoms with Crippen LogP contribution in [-0.4, -0.2) is 12.4 Å². The third kappa shape index (κ3) is 3.99. The van der Waals surface area contributed by atoms with E-state index in [2.05, 4.69) is 6.07 Å². The smallest absolute Gasteiger partial charge is 0.188 e. The zero-order chi connectivity index (χ0) is 15.4. The van der Waals surface area contributed by atoms with Gasteiger partial charge in [0.25, 0.3) is 0 Å². The molecule has 0 amide bonds. The summed E-state index contributed by atoms with van der Waals surface area (Å²) in [6.07, 6.45) is 0. The first-order valence-corrected chi connectivity index (χ1v) is 6.90. The molecule has 2 nitrogen and oxygen atoms in total. The quantitative estimate of drug-likeness (QED) is 0.772. The number of ketones is 1. The highest BCUT2D eigenvalue weighted by Crippen LogP contribution is 2.13. The first kappa shape index (κ1) is 15.4. The van der Waals surface area contributed by atoms with E-state index in [1.54, 1.807) is 13.0 Å². The lowest BCUT2D eigenvalue weighted by Gasteiger charge is -2.08. The second-order valence-corrected chi connectivity index (χ2v) is 5.31. The predicted octanol–water partition coefficient (Wildman–Crippen LogP) is 4.15. The zero-order valence-electron chi connectivity index (χ0n) is 12.6. The Balaban J connectivity index is 1.93. The Bertz CT molecular complexity index is 662. The fourth-order valence-corrected chi connectivity index (χ4v) is 2.16. The first-order valence-electron chi connectivity index (χ1n) is 6.90. The van der Waals surface area contributed by atoms with E-state index >= 15 is 0 Å². The molecule has 0 heterocycles. The number of ether oxygens (including phenoxy) is 1. The van der Waals surface area contributed by atoms with Crippen molar-refractivity contribution in [2.24, 2.45) is 0 Å². The van der Waals surface area contributed by atoms with Crippen molar-refractivity contribution >= 4 is 5.78 Å². The van der Waals surface area contributed by atoms with Crippen molar-refractivity contribution in [1.29, 1.82) is 0 Å². The van der Waals surface area contributed by atoms with Gasteiger partial charge in [0, 0.05) is 5.56 Å². The van der Waals surface area contributed by atoms with Gasteiger partial charge >= 0.3 is 0 Å². The Labute approximate surface area is 124 Å². The van der Waals surface area contributed by atoms with Gasteiger partial charge in [-0.3, -0.25) is 4.79 Å². The summed E-state index contributed by atoms with van der Waals surface area (Å²) >= 11 is 0. The van der Waals surface area contributed by atoms with Crippen LogP contribution in [0.2, 0.25) is 0 Å². The summed E-state index contributed by atoms with van der Waals surface area (Å²) in [7, 11) is 0. The lowest BCUT2D eigenvalue weighted by atomic mass is 10.1. The zero-order valence-corrected chi connectivity index (χ0v) is 12.6. The van der Waals surface area contributed by atoms with E-state index in [1.807, 2.05) is 26.0 Å². The molecule has 0 spiro atoms. The van der Waals surface area contributed by atoms with Crippen molar-refractivity contribution in [2.75, 3.05) is 6.61 Å². The molecule has 2 rings (SSSR count). The van der Waals surface area contributed by atoms with E-state index in [-0.39, 0.29) is 18.2 Å². The Hall–Kier alpha value is -2.00. The van der Waals surface area contributed by atoms with Gasteiger partial charge in [-0.1, -0.05) is 23.8 Å². The van der Waals surface area contributed by atoms with Crippen molar-refractivity contribution < 1.29 is 13.9 Å². The van der Waals surface area contributed by atoms with Gasteiger partial charge < -0.3 is 4.74 Å². The minimum atomic E-state index is -0.303. The molecule has 2 aromatic carbocycles. The van der Waals surface area contributed by atoms with E-state index in [1.165, 1.54) is 17.7 Å². The highest BCUT2D eigenvalue weighted by atomic mass is 19.1. The molecule has 0 unspecified atom stereocenters. The SMILES string of the molecule is Cc1ccc(COCC(=O)c2ccc(F)c(C)c2)c(C)c1. The molecule has 21 heavy (non-hydrogen) atoms. The maximum Gasteiger partial charge on any atom is 0.188 e. The molecule has 3 heteroatoms. The molecule has 0 saturated heterocycles. The molecule has 0 atom stereocenters. The first-order chi connectivity index (χ1) is 9.97. The second kappa shape index (κ2) is 6.64. The van der Waals surface area contributed by atoms with E-state index in [0.717, 1.165) is 11.1 Å². The van der Waals surface area contributed by atoms with Crippen LogP contribution in [0.25, 0.3) is 0 Å². The maximum atomic E-state index is 13.2. The van der Waals surface area contributed by atoms with Crippen LogP contribution < -0.4 is 0 Å². The number of hydrogen-bond donors (Lipinski definition) is 0.